The predicted molar refractivity (Wildman–Crippen MR) is 56.5 cm³/mol. The summed E-state index contributed by atoms with van der Waals surface area (Å²) in [6.45, 7) is 0. The Morgan fingerprint density at radius 3 is 2.12 bits per heavy atom. The summed E-state index contributed by atoms with van der Waals surface area (Å²) in [4.78, 5) is 22.5. The lowest BCUT2D eigenvalue weighted by atomic mass is 9.88. The number of rotatable bonds is 1. The van der Waals surface area contributed by atoms with E-state index in [2.05, 4.69) is 16.9 Å². The molecule has 0 N–H and O–H groups in total. The lowest BCUT2D eigenvalue weighted by Crippen LogP contribution is -2.19. The molecule has 1 atom stereocenters. The molecule has 0 aromatic heterocycles. The van der Waals surface area contributed by atoms with Crippen LogP contribution in [0.3, 0.4) is 0 Å². The van der Waals surface area contributed by atoms with Crippen molar-refractivity contribution in [3.63, 3.8) is 0 Å². The normalized spacial score (nSPS) is 24.6. The lowest BCUT2D eigenvalue weighted by Gasteiger charge is -2.12. The molecule has 1 aromatic rings. The fourth-order valence-corrected chi connectivity index (χ4v) is 2.73. The molecule has 0 saturated carbocycles. The average molecular weight is 216 g/mol. The predicted octanol–water partition coefficient (Wildman–Crippen LogP) is 1.49. The van der Waals surface area contributed by atoms with Crippen LogP contribution >= 0.6 is 0 Å². The lowest BCUT2D eigenvalue weighted by molar-refractivity contribution is -0.153. The van der Waals surface area contributed by atoms with Gasteiger partial charge in [-0.2, -0.15) is 0 Å². The molecule has 3 rings (SSSR count). The Morgan fingerprint density at radius 1 is 1.00 bits per heavy atom. The van der Waals surface area contributed by atoms with E-state index >= 15 is 0 Å². The van der Waals surface area contributed by atoms with Crippen molar-refractivity contribution >= 4 is 11.9 Å². The zero-order valence-electron chi connectivity index (χ0n) is 8.81. The first-order chi connectivity index (χ1) is 7.74. The third kappa shape index (κ3) is 1.43. The summed E-state index contributed by atoms with van der Waals surface area (Å²) in [6, 6.07) is 8.22. The van der Waals surface area contributed by atoms with Gasteiger partial charge < -0.3 is 4.74 Å². The van der Waals surface area contributed by atoms with Crippen LogP contribution in [0.2, 0.25) is 0 Å². The van der Waals surface area contributed by atoms with Crippen LogP contribution < -0.4 is 0 Å². The molecule has 3 heteroatoms. The van der Waals surface area contributed by atoms with Gasteiger partial charge in [-0.25, -0.2) is 0 Å². The second-order valence-corrected chi connectivity index (χ2v) is 4.54. The van der Waals surface area contributed by atoms with Gasteiger partial charge in [0.25, 0.3) is 0 Å². The Balaban J connectivity index is 1.81. The first-order valence-electron chi connectivity index (χ1n) is 5.55. The molecule has 16 heavy (non-hydrogen) atoms. The molecule has 82 valence electrons. The Labute approximate surface area is 93.4 Å². The number of carbonyl (C=O) groups excluding carboxylic acids is 2. The quantitative estimate of drug-likeness (QED) is 0.527. The van der Waals surface area contributed by atoms with Gasteiger partial charge in [0.2, 0.25) is 0 Å². The number of ether oxygens (including phenoxy) is 1. The number of benzene rings is 1. The highest BCUT2D eigenvalue weighted by Gasteiger charge is 2.41. The Morgan fingerprint density at radius 2 is 1.62 bits per heavy atom. The molecule has 1 fully saturated rings. The van der Waals surface area contributed by atoms with Gasteiger partial charge in [-0.15, -0.1) is 0 Å². The van der Waals surface area contributed by atoms with E-state index in [1.807, 2.05) is 12.1 Å². The van der Waals surface area contributed by atoms with Crippen LogP contribution in [0, 0.1) is 11.8 Å². The summed E-state index contributed by atoms with van der Waals surface area (Å²) in [6.07, 6.45) is 2.05. The fraction of sp³-hybridized carbons (Fsp3) is 0.385. The molecule has 1 unspecified atom stereocenters. The summed E-state index contributed by atoms with van der Waals surface area (Å²) in [7, 11) is 0. The second kappa shape index (κ2) is 3.44. The molecule has 0 amide bonds. The van der Waals surface area contributed by atoms with Crippen LogP contribution in [0.4, 0.5) is 0 Å². The molecule has 2 aliphatic rings. The van der Waals surface area contributed by atoms with Crippen molar-refractivity contribution in [2.45, 2.75) is 19.3 Å². The SMILES string of the molecule is O=C1CC(C2Cc3ccccc3C2)C(=O)O1. The summed E-state index contributed by atoms with van der Waals surface area (Å²) in [5.74, 6) is -0.676. The van der Waals surface area contributed by atoms with Crippen molar-refractivity contribution in [1.82, 2.24) is 0 Å². The van der Waals surface area contributed by atoms with Crippen LogP contribution in [-0.2, 0) is 27.2 Å². The third-order valence-electron chi connectivity index (χ3n) is 3.56. The van der Waals surface area contributed by atoms with E-state index < -0.39 is 0 Å². The van der Waals surface area contributed by atoms with Crippen LogP contribution in [-0.4, -0.2) is 11.9 Å². The standard InChI is InChI=1S/C13H12O3/c14-12-7-11(13(15)16-12)10-5-8-3-1-2-4-9(8)6-10/h1-4,10-11H,5-7H2. The topological polar surface area (TPSA) is 43.4 Å². The minimum absolute atomic E-state index is 0.222. The highest BCUT2D eigenvalue weighted by Crippen LogP contribution is 2.35. The minimum Gasteiger partial charge on any atom is -0.393 e. The van der Waals surface area contributed by atoms with Crippen LogP contribution in [0.25, 0.3) is 0 Å². The number of fused-ring (bicyclic) bond motifs is 1. The molecule has 3 nitrogen and oxygen atoms in total. The summed E-state index contributed by atoms with van der Waals surface area (Å²) >= 11 is 0. The van der Waals surface area contributed by atoms with Crippen LogP contribution in [0.5, 0.6) is 0 Å². The van der Waals surface area contributed by atoms with Gasteiger partial charge in [0.05, 0.1) is 12.3 Å². The number of hydrogen-bond donors (Lipinski definition) is 0. The van der Waals surface area contributed by atoms with E-state index in [0.717, 1.165) is 12.8 Å². The number of esters is 2. The molecular formula is C13H12O3. The van der Waals surface area contributed by atoms with Gasteiger partial charge >= 0.3 is 11.9 Å². The number of hydrogen-bond acceptors (Lipinski definition) is 3. The molecular weight excluding hydrogens is 204 g/mol. The van der Waals surface area contributed by atoms with Gasteiger partial charge in [-0.05, 0) is 29.9 Å². The van der Waals surface area contributed by atoms with Crippen molar-refractivity contribution in [3.05, 3.63) is 35.4 Å². The van der Waals surface area contributed by atoms with E-state index in [1.54, 1.807) is 0 Å². The van der Waals surface area contributed by atoms with Gasteiger partial charge in [-0.1, -0.05) is 24.3 Å². The molecule has 1 heterocycles. The number of carbonyl (C=O) groups is 2. The maximum Gasteiger partial charge on any atom is 0.317 e. The Hall–Kier alpha value is -1.64. The molecule has 1 saturated heterocycles. The maximum atomic E-state index is 11.5. The van der Waals surface area contributed by atoms with E-state index in [1.165, 1.54) is 11.1 Å². The van der Waals surface area contributed by atoms with E-state index in [4.69, 9.17) is 0 Å². The fourth-order valence-electron chi connectivity index (χ4n) is 2.73. The largest absolute Gasteiger partial charge is 0.393 e. The van der Waals surface area contributed by atoms with Crippen molar-refractivity contribution in [3.8, 4) is 0 Å². The molecule has 0 spiro atoms. The highest BCUT2D eigenvalue weighted by molar-refractivity contribution is 5.94. The zero-order valence-corrected chi connectivity index (χ0v) is 8.81. The van der Waals surface area contributed by atoms with Crippen molar-refractivity contribution in [2.75, 3.05) is 0 Å². The molecule has 0 radical (unpaired) electrons. The monoisotopic (exact) mass is 216 g/mol. The van der Waals surface area contributed by atoms with Gasteiger partial charge in [0.15, 0.2) is 0 Å². The first kappa shape index (κ1) is 9.58. The Kier molecular flexibility index (Phi) is 2.06. The summed E-state index contributed by atoms with van der Waals surface area (Å²) in [5.41, 5.74) is 2.61. The van der Waals surface area contributed by atoms with Crippen LogP contribution in [0.1, 0.15) is 17.5 Å². The third-order valence-corrected chi connectivity index (χ3v) is 3.56. The van der Waals surface area contributed by atoms with Gasteiger partial charge in [-0.3, -0.25) is 9.59 Å². The average Bonchev–Trinajstić information content (AvgIpc) is 2.81. The minimum atomic E-state index is -0.369. The maximum absolute atomic E-state index is 11.5. The van der Waals surface area contributed by atoms with Gasteiger partial charge in [0.1, 0.15) is 0 Å². The smallest absolute Gasteiger partial charge is 0.317 e. The summed E-state index contributed by atoms with van der Waals surface area (Å²) in [5, 5.41) is 0. The highest BCUT2D eigenvalue weighted by atomic mass is 16.6. The Bertz CT molecular complexity index is 439. The molecule has 1 aromatic carbocycles. The molecule has 1 aliphatic heterocycles. The van der Waals surface area contributed by atoms with E-state index in [-0.39, 0.29) is 30.2 Å². The van der Waals surface area contributed by atoms with E-state index in [9.17, 15) is 9.59 Å². The number of cyclic esters (lactones) is 2. The van der Waals surface area contributed by atoms with Crippen LogP contribution in [0.15, 0.2) is 24.3 Å². The van der Waals surface area contributed by atoms with E-state index in [0.29, 0.717) is 0 Å². The van der Waals surface area contributed by atoms with Crippen molar-refractivity contribution < 1.29 is 14.3 Å². The first-order valence-corrected chi connectivity index (χ1v) is 5.55. The second-order valence-electron chi connectivity index (χ2n) is 4.54. The molecule has 1 aliphatic carbocycles. The van der Waals surface area contributed by atoms with Crippen molar-refractivity contribution in [1.29, 1.82) is 0 Å². The zero-order chi connectivity index (χ0) is 11.1. The van der Waals surface area contributed by atoms with Gasteiger partial charge in [0, 0.05) is 0 Å². The summed E-state index contributed by atoms with van der Waals surface area (Å²) < 4.78 is 4.61. The molecule has 0 bridgehead atoms. The van der Waals surface area contributed by atoms with Crippen molar-refractivity contribution in [2.24, 2.45) is 11.8 Å².